The molecule has 0 saturated carbocycles. The highest BCUT2D eigenvalue weighted by molar-refractivity contribution is 6.86. The van der Waals surface area contributed by atoms with Crippen molar-refractivity contribution in [2.75, 3.05) is 112 Å². The van der Waals surface area contributed by atoms with Crippen LogP contribution in [0.3, 0.4) is 0 Å². The number of aliphatic hydroxyl groups is 3. The van der Waals surface area contributed by atoms with Gasteiger partial charge in [-0.2, -0.15) is 0 Å². The van der Waals surface area contributed by atoms with E-state index in [1.807, 2.05) is 79.7 Å². The van der Waals surface area contributed by atoms with Crippen LogP contribution >= 0.6 is 0 Å². The summed E-state index contributed by atoms with van der Waals surface area (Å²) in [5.41, 5.74) is 4.81. The quantitative estimate of drug-likeness (QED) is 0.00952. The van der Waals surface area contributed by atoms with Gasteiger partial charge in [-0.1, -0.05) is 0 Å². The van der Waals surface area contributed by atoms with Crippen LogP contribution in [0.4, 0.5) is 0 Å². The summed E-state index contributed by atoms with van der Waals surface area (Å²) in [5, 5.41) is 37.7. The minimum Gasteiger partial charge on any atom is -0.437 e. The summed E-state index contributed by atoms with van der Waals surface area (Å²) in [6.07, 6.45) is -1.72. The molecule has 0 amide bonds. The molecule has 0 rings (SSSR count). The van der Waals surface area contributed by atoms with Crippen molar-refractivity contribution in [3.05, 3.63) is 0 Å². The first-order chi connectivity index (χ1) is 40.7. The Hall–Kier alpha value is -1.73. The van der Waals surface area contributed by atoms with Crippen molar-refractivity contribution in [2.45, 2.75) is 137 Å². The number of rotatable bonds is 44. The molecule has 534 valence electrons. The molecule has 34 nitrogen and oxygen atoms in total. The van der Waals surface area contributed by atoms with Gasteiger partial charge in [0.2, 0.25) is 0 Å². The van der Waals surface area contributed by atoms with Gasteiger partial charge in [-0.05, 0) is 119 Å². The van der Waals surface area contributed by atoms with Gasteiger partial charge in [-0.25, -0.2) is 0 Å². The van der Waals surface area contributed by atoms with Crippen molar-refractivity contribution in [1.82, 2.24) is 16.0 Å². The number of hydrogen-bond acceptors (Lipinski definition) is 34. The summed E-state index contributed by atoms with van der Waals surface area (Å²) in [7, 11) is -23.7. The molecule has 0 bridgehead atoms. The lowest BCUT2D eigenvalue weighted by molar-refractivity contribution is -0.122. The Morgan fingerprint density at radius 2 is 0.539 bits per heavy atom. The Kier molecular flexibility index (Phi) is 71.0. The molecule has 0 heterocycles. The van der Waals surface area contributed by atoms with Gasteiger partial charge in [-0.3, -0.25) is 54.3 Å². The third-order valence-electron chi connectivity index (χ3n) is 7.44. The molecule has 0 spiro atoms. The average molecular weight is 1460 g/mol. The molecular weight excluding hydrogens is 1340 g/mol. The summed E-state index contributed by atoms with van der Waals surface area (Å²) < 4.78 is 69.2. The summed E-state index contributed by atoms with van der Waals surface area (Å²) in [5.74, 6) is 0. The fourth-order valence-electron chi connectivity index (χ4n) is 5.90. The highest BCUT2D eigenvalue weighted by Gasteiger charge is 2.46. The lowest BCUT2D eigenvalue weighted by Gasteiger charge is -2.34. The first-order valence-corrected chi connectivity index (χ1v) is 52.3. The van der Waals surface area contributed by atoms with Crippen molar-refractivity contribution in [2.24, 2.45) is 5.73 Å². The van der Waals surface area contributed by atoms with Crippen LogP contribution in [-0.4, -0.2) is 302 Å². The maximum atomic E-state index is 10.0. The number of carbonyl (C=O) groups excluding carboxylic acids is 8. The molecular formula is C46H114N4O30Si9. The summed E-state index contributed by atoms with van der Waals surface area (Å²) in [6.45, 7) is 38.5. The van der Waals surface area contributed by atoms with Crippen molar-refractivity contribution >= 4 is 127 Å². The molecule has 89 heavy (non-hydrogen) atoms. The Morgan fingerprint density at radius 3 is 0.674 bits per heavy atom. The van der Waals surface area contributed by atoms with Crippen LogP contribution in [0, 0.1) is 0 Å². The van der Waals surface area contributed by atoms with E-state index in [-0.39, 0.29) is 88.8 Å². The standard InChI is InChI=1S/3C12H33NO7Si3.C2H7NO.4C2H2O2/c3*1-7-17-10-13-8-12(14)9-18-11-23(15,16)20-22(5,6)19-21(2,3)4;1-4-2-3;4*3-1-2-4/h3*12-16H,7-11H2,1-6H3;2-3H2,1H3;4*1-2H. The minimum absolute atomic E-state index is 0.0186. The zero-order valence-corrected chi connectivity index (χ0v) is 64.8. The number of ether oxygens (including phenoxy) is 7. The second kappa shape index (κ2) is 61.2. The van der Waals surface area contributed by atoms with Gasteiger partial charge in [0.25, 0.3) is 0 Å². The van der Waals surface area contributed by atoms with Crippen LogP contribution in [0.25, 0.3) is 0 Å². The van der Waals surface area contributed by atoms with E-state index in [0.717, 1.165) is 0 Å². The Morgan fingerprint density at radius 1 is 0.360 bits per heavy atom. The van der Waals surface area contributed by atoms with Gasteiger partial charge in [0.05, 0.1) is 65.1 Å². The number of carbonyl (C=O) groups is 8. The van der Waals surface area contributed by atoms with E-state index in [4.69, 9.17) is 97.2 Å². The lowest BCUT2D eigenvalue weighted by Crippen LogP contribution is -2.57. The number of methoxy groups -OCH3 is 1. The van der Waals surface area contributed by atoms with Crippen molar-refractivity contribution in [1.29, 1.82) is 0 Å². The number of nitrogens with two attached hydrogens (primary N) is 1. The minimum atomic E-state index is -3.97. The zero-order chi connectivity index (χ0) is 71.5. The van der Waals surface area contributed by atoms with E-state index >= 15 is 0 Å². The SMILES string of the molecule is CCOCNCC(O)COC[Si](O)(O)O[Si](C)(C)O[Si](C)(C)C.CCOCNCC(O)COC[Si](O)(O)O[Si](C)(C)O[Si](C)(C)C.CCOCNCC(O)COC[Si](O)(O)O[Si](C)(C)O[Si](C)(C)C.COCN.O=CC=O.O=CC=O.O=CC=O.O=CC=O. The van der Waals surface area contributed by atoms with E-state index in [1.165, 1.54) is 0 Å². The number of aldehydes is 8. The second-order valence-corrected chi connectivity index (χ2v) is 53.0. The molecule has 0 aliphatic rings. The molecule has 0 aliphatic carbocycles. The fraction of sp³-hybridized carbons (Fsp3) is 0.826. The first kappa shape index (κ1) is 103. The Labute approximate surface area is 536 Å². The molecule has 0 aromatic heterocycles. The average Bonchev–Trinajstić information content (AvgIpc) is 3.37. The maximum absolute atomic E-state index is 10.0. The van der Waals surface area contributed by atoms with Gasteiger partial charge in [0, 0.05) is 46.6 Å². The molecule has 0 aliphatic heterocycles. The van der Waals surface area contributed by atoms with Gasteiger partial charge in [-0.15, -0.1) is 0 Å². The van der Waals surface area contributed by atoms with Crippen LogP contribution in [0.5, 0.6) is 0 Å². The fourth-order valence-corrected chi connectivity index (χ4v) is 36.5. The van der Waals surface area contributed by atoms with Crippen LogP contribution in [0.1, 0.15) is 20.8 Å². The van der Waals surface area contributed by atoms with E-state index in [1.54, 1.807) is 46.4 Å². The van der Waals surface area contributed by atoms with Crippen LogP contribution in [0.2, 0.25) is 98.2 Å². The monoisotopic (exact) mass is 1450 g/mol. The predicted octanol–water partition coefficient (Wildman–Crippen LogP) is -2.97. The molecule has 0 aromatic carbocycles. The highest BCUT2D eigenvalue weighted by atomic mass is 28.5. The normalized spacial score (nSPS) is 12.9. The molecule has 0 fully saturated rings. The van der Waals surface area contributed by atoms with E-state index in [2.05, 4.69) is 20.7 Å². The van der Waals surface area contributed by atoms with Crippen molar-refractivity contribution in [3.63, 3.8) is 0 Å². The van der Waals surface area contributed by atoms with Gasteiger partial charge in [0.15, 0.2) is 75.2 Å². The van der Waals surface area contributed by atoms with Gasteiger partial charge < -0.3 is 108 Å². The number of aliphatic hydroxyl groups excluding tert-OH is 3. The smallest absolute Gasteiger partial charge is 0.437 e. The van der Waals surface area contributed by atoms with E-state index in [0.29, 0.717) is 66.4 Å². The van der Waals surface area contributed by atoms with Crippen LogP contribution in [0.15, 0.2) is 0 Å². The highest BCUT2D eigenvalue weighted by Crippen LogP contribution is 2.21. The van der Waals surface area contributed by atoms with Crippen LogP contribution < -0.4 is 21.7 Å². The number of hydrogen-bond donors (Lipinski definition) is 13. The van der Waals surface area contributed by atoms with E-state index < -0.39 is 95.4 Å². The molecule has 43 heteroatoms. The third kappa shape index (κ3) is 100. The summed E-state index contributed by atoms with van der Waals surface area (Å²) in [6, 6.07) is 0. The largest absolute Gasteiger partial charge is 0.513 e. The summed E-state index contributed by atoms with van der Waals surface area (Å²) in [4.78, 5) is 130. The van der Waals surface area contributed by atoms with E-state index in [9.17, 15) is 44.1 Å². The second-order valence-electron chi connectivity index (χ2n) is 21.7. The third-order valence-corrected chi connectivity index (χ3v) is 32.2. The van der Waals surface area contributed by atoms with Crippen molar-refractivity contribution in [3.8, 4) is 0 Å². The van der Waals surface area contributed by atoms with Gasteiger partial charge in [0.1, 0.15) is 18.7 Å². The zero-order valence-electron chi connectivity index (χ0n) is 55.8. The molecule has 0 saturated heterocycles. The Bertz CT molecular complexity index is 1490. The summed E-state index contributed by atoms with van der Waals surface area (Å²) >= 11 is 0. The molecule has 3 unspecified atom stereocenters. The first-order valence-electron chi connectivity index (χ1n) is 27.6. The molecule has 3 atom stereocenters. The van der Waals surface area contributed by atoms with Crippen LogP contribution in [-0.2, 0) is 96.2 Å². The van der Waals surface area contributed by atoms with Gasteiger partial charge >= 0.3 is 52.1 Å². The maximum Gasteiger partial charge on any atom is 0.513 e. The predicted molar refractivity (Wildman–Crippen MR) is 348 cm³/mol. The molecule has 0 radical (unpaired) electrons. The topological polar surface area (TPSA) is 501 Å². The molecule has 14 N–H and O–H groups in total. The molecule has 0 aromatic rings. The Balaban J connectivity index is -0.000000159. The lowest BCUT2D eigenvalue weighted by atomic mass is 10.4. The van der Waals surface area contributed by atoms with Crippen molar-refractivity contribution < 1.29 is 140 Å². The number of nitrogens with one attached hydrogen (secondary N) is 3.